The number of anilines is 1. The molecule has 0 atom stereocenters. The molecule has 0 saturated carbocycles. The van der Waals surface area contributed by atoms with Gasteiger partial charge in [0.15, 0.2) is 0 Å². The van der Waals surface area contributed by atoms with Gasteiger partial charge in [-0.1, -0.05) is 24.3 Å². The predicted octanol–water partition coefficient (Wildman–Crippen LogP) is 6.97. The van der Waals surface area contributed by atoms with Gasteiger partial charge in [0.2, 0.25) is 0 Å². The van der Waals surface area contributed by atoms with Crippen LogP contribution in [0.4, 0.5) is 18.9 Å². The van der Waals surface area contributed by atoms with E-state index < -0.39 is 11.7 Å². The van der Waals surface area contributed by atoms with Gasteiger partial charge < -0.3 is 10.1 Å². The van der Waals surface area contributed by atoms with E-state index in [0.717, 1.165) is 23.3 Å². The molecule has 0 unspecified atom stereocenters. The smallest absolute Gasteiger partial charge is 0.416 e. The largest absolute Gasteiger partial charge is 0.489 e. The van der Waals surface area contributed by atoms with Crippen LogP contribution in [0.5, 0.6) is 5.75 Å². The van der Waals surface area contributed by atoms with Crippen LogP contribution in [0.1, 0.15) is 27.2 Å². The van der Waals surface area contributed by atoms with Gasteiger partial charge in [-0.05, 0) is 66.6 Å². The average Bonchev–Trinajstić information content (AvgIpc) is 3.28. The summed E-state index contributed by atoms with van der Waals surface area (Å²) in [7, 11) is 0. The number of nitrogens with one attached hydrogen (secondary N) is 1. The van der Waals surface area contributed by atoms with Gasteiger partial charge in [0.05, 0.1) is 5.56 Å². The molecule has 1 N–H and O–H groups in total. The monoisotopic (exact) mass is 468 g/mol. The van der Waals surface area contributed by atoms with Gasteiger partial charge in [0, 0.05) is 16.6 Å². The minimum absolute atomic E-state index is 0.0177. The summed E-state index contributed by atoms with van der Waals surface area (Å²) in [4.78, 5) is 16.9. The molecule has 4 rings (SSSR count). The van der Waals surface area contributed by atoms with Crippen LogP contribution in [-0.4, -0.2) is 10.9 Å². The second kappa shape index (κ2) is 9.46. The minimum atomic E-state index is -4.39. The fourth-order valence-corrected chi connectivity index (χ4v) is 3.93. The number of carbonyl (C=O) groups is 1. The number of aryl methyl sites for hydroxylation is 1. The first-order chi connectivity index (χ1) is 15.8. The minimum Gasteiger partial charge on any atom is -0.489 e. The number of halogens is 3. The molecule has 4 nitrogen and oxygen atoms in total. The Morgan fingerprint density at radius 2 is 1.79 bits per heavy atom. The lowest BCUT2D eigenvalue weighted by Crippen LogP contribution is -2.12. The molecule has 1 amide bonds. The van der Waals surface area contributed by atoms with Gasteiger partial charge >= 0.3 is 6.18 Å². The van der Waals surface area contributed by atoms with Gasteiger partial charge in [0.25, 0.3) is 5.91 Å². The topological polar surface area (TPSA) is 51.2 Å². The lowest BCUT2D eigenvalue weighted by Gasteiger charge is -2.10. The van der Waals surface area contributed by atoms with Gasteiger partial charge in [0.1, 0.15) is 23.1 Å². The van der Waals surface area contributed by atoms with Gasteiger partial charge in [-0.15, -0.1) is 11.3 Å². The number of hydrogen-bond acceptors (Lipinski definition) is 4. The summed E-state index contributed by atoms with van der Waals surface area (Å²) in [5.41, 5.74) is 2.60. The number of nitrogens with zero attached hydrogens (tertiary/aromatic N) is 1. The van der Waals surface area contributed by atoms with E-state index in [1.165, 1.54) is 17.4 Å². The van der Waals surface area contributed by atoms with Crippen molar-refractivity contribution in [1.82, 2.24) is 4.98 Å². The summed E-state index contributed by atoms with van der Waals surface area (Å²) in [6, 6.07) is 19.6. The van der Waals surface area contributed by atoms with E-state index in [-0.39, 0.29) is 12.5 Å². The molecular weight excluding hydrogens is 449 g/mol. The Morgan fingerprint density at radius 1 is 1.03 bits per heavy atom. The van der Waals surface area contributed by atoms with E-state index in [1.807, 2.05) is 31.2 Å². The highest BCUT2D eigenvalue weighted by Gasteiger charge is 2.30. The molecule has 0 saturated heterocycles. The molecule has 0 aliphatic rings. The standard InChI is InChI=1S/C25H19F3N2O2S/c1-16-4-2-7-20(12-16)29-23(31)22-15-33-24(30-22)18-8-10-21(11-9-18)32-14-17-5-3-6-19(13-17)25(26,27)28/h2-13,15H,14H2,1H3,(H,29,31). The van der Waals surface area contributed by atoms with Crippen LogP contribution in [-0.2, 0) is 12.8 Å². The normalized spacial score (nSPS) is 11.3. The summed E-state index contributed by atoms with van der Waals surface area (Å²) in [5, 5.41) is 5.20. The maximum atomic E-state index is 12.8. The zero-order valence-electron chi connectivity index (χ0n) is 17.5. The third kappa shape index (κ3) is 5.78. The Morgan fingerprint density at radius 3 is 2.52 bits per heavy atom. The van der Waals surface area contributed by atoms with Crippen LogP contribution in [0, 0.1) is 6.92 Å². The van der Waals surface area contributed by atoms with Gasteiger partial charge in [-0.2, -0.15) is 13.2 Å². The Kier molecular flexibility index (Phi) is 6.46. The van der Waals surface area contributed by atoms with Crippen molar-refractivity contribution >= 4 is 22.9 Å². The van der Waals surface area contributed by atoms with Gasteiger partial charge in [-0.3, -0.25) is 4.79 Å². The van der Waals surface area contributed by atoms with Crippen LogP contribution in [0.3, 0.4) is 0 Å². The molecule has 0 bridgehead atoms. The SMILES string of the molecule is Cc1cccc(NC(=O)c2csc(-c3ccc(OCc4cccc(C(F)(F)F)c4)cc3)n2)c1. The summed E-state index contributed by atoms with van der Waals surface area (Å²) in [5.74, 6) is 0.231. The quantitative estimate of drug-likeness (QED) is 0.333. The second-order valence-corrected chi connectivity index (χ2v) is 8.23. The van der Waals surface area contributed by atoms with E-state index in [0.29, 0.717) is 27.7 Å². The number of alkyl halides is 3. The summed E-state index contributed by atoms with van der Waals surface area (Å²) in [6.07, 6.45) is -4.39. The third-order valence-electron chi connectivity index (χ3n) is 4.77. The molecule has 33 heavy (non-hydrogen) atoms. The number of aromatic nitrogens is 1. The molecule has 0 aliphatic carbocycles. The van der Waals surface area contributed by atoms with Crippen LogP contribution in [0.15, 0.2) is 78.2 Å². The molecule has 168 valence electrons. The summed E-state index contributed by atoms with van der Waals surface area (Å²) >= 11 is 1.35. The molecule has 0 fully saturated rings. The zero-order valence-corrected chi connectivity index (χ0v) is 18.3. The second-order valence-electron chi connectivity index (χ2n) is 7.37. The number of hydrogen-bond donors (Lipinski definition) is 1. The highest BCUT2D eigenvalue weighted by Crippen LogP contribution is 2.30. The summed E-state index contributed by atoms with van der Waals surface area (Å²) in [6.45, 7) is 1.97. The predicted molar refractivity (Wildman–Crippen MR) is 122 cm³/mol. The van der Waals surface area contributed by atoms with Crippen molar-refractivity contribution in [2.75, 3.05) is 5.32 Å². The molecule has 4 aromatic rings. The van der Waals surface area contributed by atoms with Crippen LogP contribution in [0.2, 0.25) is 0 Å². The fourth-order valence-electron chi connectivity index (χ4n) is 3.13. The van der Waals surface area contributed by atoms with E-state index in [9.17, 15) is 18.0 Å². The van der Waals surface area contributed by atoms with Crippen molar-refractivity contribution in [3.05, 3.63) is 101 Å². The number of ether oxygens (including phenoxy) is 1. The Labute approximate surface area is 192 Å². The highest BCUT2D eigenvalue weighted by molar-refractivity contribution is 7.13. The Bertz CT molecular complexity index is 1270. The first-order valence-electron chi connectivity index (χ1n) is 10.0. The van der Waals surface area contributed by atoms with Gasteiger partial charge in [-0.25, -0.2) is 4.98 Å². The van der Waals surface area contributed by atoms with Crippen LogP contribution >= 0.6 is 11.3 Å². The fraction of sp³-hybridized carbons (Fsp3) is 0.120. The number of rotatable bonds is 6. The maximum absolute atomic E-state index is 12.8. The van der Waals surface area contributed by atoms with E-state index >= 15 is 0 Å². The molecule has 0 spiro atoms. The number of thiazole rings is 1. The molecule has 8 heteroatoms. The summed E-state index contributed by atoms with van der Waals surface area (Å²) < 4.78 is 44.1. The van der Waals surface area contributed by atoms with Crippen molar-refractivity contribution in [3.8, 4) is 16.3 Å². The molecular formula is C25H19F3N2O2S. The number of amides is 1. The van der Waals surface area contributed by atoms with Crippen molar-refractivity contribution < 1.29 is 22.7 Å². The lowest BCUT2D eigenvalue weighted by molar-refractivity contribution is -0.137. The zero-order chi connectivity index (χ0) is 23.4. The van der Waals surface area contributed by atoms with E-state index in [1.54, 1.807) is 35.7 Å². The van der Waals surface area contributed by atoms with Crippen molar-refractivity contribution in [2.45, 2.75) is 19.7 Å². The third-order valence-corrected chi connectivity index (χ3v) is 5.67. The maximum Gasteiger partial charge on any atom is 0.416 e. The van der Waals surface area contributed by atoms with E-state index in [4.69, 9.17) is 4.74 Å². The highest BCUT2D eigenvalue weighted by atomic mass is 32.1. The van der Waals surface area contributed by atoms with Crippen molar-refractivity contribution in [1.29, 1.82) is 0 Å². The number of carbonyl (C=O) groups excluding carboxylic acids is 1. The Hall–Kier alpha value is -3.65. The molecule has 0 aliphatic heterocycles. The van der Waals surface area contributed by atoms with Crippen LogP contribution < -0.4 is 10.1 Å². The molecule has 3 aromatic carbocycles. The van der Waals surface area contributed by atoms with Crippen LogP contribution in [0.25, 0.3) is 10.6 Å². The molecule has 1 heterocycles. The Balaban J connectivity index is 1.39. The first kappa shape index (κ1) is 22.5. The molecule has 1 aromatic heterocycles. The van der Waals surface area contributed by atoms with Crippen molar-refractivity contribution in [3.63, 3.8) is 0 Å². The van der Waals surface area contributed by atoms with Crippen molar-refractivity contribution in [2.24, 2.45) is 0 Å². The number of benzene rings is 3. The lowest BCUT2D eigenvalue weighted by atomic mass is 10.1. The molecule has 0 radical (unpaired) electrons. The van der Waals surface area contributed by atoms with E-state index in [2.05, 4.69) is 10.3 Å². The average molecular weight is 469 g/mol. The first-order valence-corrected chi connectivity index (χ1v) is 10.9.